The largest absolute Gasteiger partial charge is 0.477 e. The lowest BCUT2D eigenvalue weighted by atomic mass is 10.0. The van der Waals surface area contributed by atoms with E-state index in [0.717, 1.165) is 4.90 Å². The molecule has 9 nitrogen and oxygen atoms in total. The van der Waals surface area contributed by atoms with E-state index >= 15 is 0 Å². The number of alkyl halides is 3. The monoisotopic (exact) mass is 521 g/mol. The Morgan fingerprint density at radius 2 is 1.94 bits per heavy atom. The standard InChI is InChI=1S/C19H18Cl3N3O6S/c1-10-8-32-16-13(15(27)25(16)14(10)17(28)29)23-12(26)7-24(11-5-3-2-4-6-11)18(30)31-9-19(20,21)22/h2-6,13,16H,7-9H2,1H3,(H,23,26)(H,28,29)/t13?,16-/m0/s1. The third-order valence-corrected chi connectivity index (χ3v) is 6.38. The second-order valence-corrected chi connectivity index (χ2v) is 10.6. The van der Waals surface area contributed by atoms with E-state index < -0.39 is 52.2 Å². The number of ether oxygens (including phenoxy) is 1. The highest BCUT2D eigenvalue weighted by molar-refractivity contribution is 8.00. The third kappa shape index (κ3) is 5.43. The third-order valence-electron chi connectivity index (χ3n) is 4.63. The van der Waals surface area contributed by atoms with Crippen LogP contribution in [-0.4, -0.2) is 68.0 Å². The zero-order valence-corrected chi connectivity index (χ0v) is 19.7. The van der Waals surface area contributed by atoms with Gasteiger partial charge in [0.05, 0.1) is 0 Å². The first-order valence-electron chi connectivity index (χ1n) is 9.23. The zero-order valence-electron chi connectivity index (χ0n) is 16.6. The summed E-state index contributed by atoms with van der Waals surface area (Å²) in [5.74, 6) is -1.95. The number of carbonyl (C=O) groups excluding carboxylic acids is 3. The summed E-state index contributed by atoms with van der Waals surface area (Å²) in [6.45, 7) is 0.650. The van der Waals surface area contributed by atoms with Crippen LogP contribution in [-0.2, 0) is 19.1 Å². The summed E-state index contributed by atoms with van der Waals surface area (Å²) in [5.41, 5.74) is 0.867. The smallest absolute Gasteiger partial charge is 0.414 e. The van der Waals surface area contributed by atoms with Crippen molar-refractivity contribution >= 4 is 76.1 Å². The number of para-hydroxylation sites is 1. The van der Waals surface area contributed by atoms with E-state index in [1.165, 1.54) is 16.7 Å². The molecule has 32 heavy (non-hydrogen) atoms. The van der Waals surface area contributed by atoms with Gasteiger partial charge in [0.2, 0.25) is 9.70 Å². The molecule has 1 saturated heterocycles. The molecule has 2 aliphatic rings. The molecule has 2 aliphatic heterocycles. The summed E-state index contributed by atoms with van der Waals surface area (Å²) >= 11 is 18.2. The number of carbonyl (C=O) groups is 4. The van der Waals surface area contributed by atoms with Crippen molar-refractivity contribution < 1.29 is 29.0 Å². The average Bonchev–Trinajstić information content (AvgIpc) is 2.73. The van der Waals surface area contributed by atoms with Crippen molar-refractivity contribution in [2.45, 2.75) is 22.1 Å². The van der Waals surface area contributed by atoms with E-state index in [9.17, 15) is 24.3 Å². The number of rotatable bonds is 6. The Hall–Kier alpha value is -2.14. The lowest BCUT2D eigenvalue weighted by Gasteiger charge is -2.49. The summed E-state index contributed by atoms with van der Waals surface area (Å²) in [4.78, 5) is 51.5. The van der Waals surface area contributed by atoms with Crippen molar-refractivity contribution in [1.29, 1.82) is 0 Å². The Bertz CT molecular complexity index is 969. The number of thioether (sulfide) groups is 1. The number of carboxylic acids is 1. The summed E-state index contributed by atoms with van der Waals surface area (Å²) in [5, 5.41) is 11.4. The molecular formula is C19H18Cl3N3O6S. The number of halogens is 3. The molecule has 0 aromatic heterocycles. The first-order chi connectivity index (χ1) is 15.0. The second kappa shape index (κ2) is 9.78. The van der Waals surface area contributed by atoms with Gasteiger partial charge in [-0.05, 0) is 24.6 Å². The van der Waals surface area contributed by atoms with E-state index in [1.54, 1.807) is 37.3 Å². The molecule has 1 aromatic rings. The van der Waals surface area contributed by atoms with Crippen molar-refractivity contribution in [2.75, 3.05) is 23.8 Å². The lowest BCUT2D eigenvalue weighted by molar-refractivity contribution is -0.150. The predicted octanol–water partition coefficient (Wildman–Crippen LogP) is 2.76. The fourth-order valence-electron chi connectivity index (χ4n) is 3.23. The Labute approximate surface area is 202 Å². The van der Waals surface area contributed by atoms with Gasteiger partial charge in [0.25, 0.3) is 5.91 Å². The normalized spacial score (nSPS) is 20.2. The molecule has 0 radical (unpaired) electrons. The lowest BCUT2D eigenvalue weighted by Crippen LogP contribution is -2.71. The van der Waals surface area contributed by atoms with Gasteiger partial charge in [-0.3, -0.25) is 19.4 Å². The van der Waals surface area contributed by atoms with Crippen LogP contribution in [0.4, 0.5) is 10.5 Å². The molecule has 3 rings (SSSR count). The maximum absolute atomic E-state index is 12.7. The van der Waals surface area contributed by atoms with Gasteiger partial charge in [-0.25, -0.2) is 9.59 Å². The number of amides is 3. The molecule has 1 unspecified atom stereocenters. The average molecular weight is 523 g/mol. The molecule has 1 aromatic carbocycles. The van der Waals surface area contributed by atoms with Crippen LogP contribution >= 0.6 is 46.6 Å². The minimum Gasteiger partial charge on any atom is -0.477 e. The molecule has 0 saturated carbocycles. The van der Waals surface area contributed by atoms with Gasteiger partial charge in [-0.1, -0.05) is 53.0 Å². The highest BCUT2D eigenvalue weighted by atomic mass is 35.6. The molecule has 1 fully saturated rings. The molecule has 2 heterocycles. The number of hydrogen-bond acceptors (Lipinski definition) is 6. The SMILES string of the molecule is CC1=C(C(=O)O)N2C(=O)C(NC(=O)CN(C(=O)OCC(Cl)(Cl)Cl)c3ccccc3)[C@@H]2SC1. The number of carboxylic acid groups (broad SMARTS) is 1. The Balaban J connectivity index is 1.69. The van der Waals surface area contributed by atoms with Crippen molar-refractivity contribution in [1.82, 2.24) is 10.2 Å². The van der Waals surface area contributed by atoms with Crippen LogP contribution in [0.15, 0.2) is 41.6 Å². The number of aliphatic carboxylic acids is 1. The number of nitrogens with one attached hydrogen (secondary N) is 1. The van der Waals surface area contributed by atoms with E-state index in [2.05, 4.69) is 5.32 Å². The Kier molecular flexibility index (Phi) is 7.49. The minimum atomic E-state index is -1.83. The molecule has 13 heteroatoms. The molecule has 0 aliphatic carbocycles. The van der Waals surface area contributed by atoms with Crippen molar-refractivity contribution in [3.63, 3.8) is 0 Å². The van der Waals surface area contributed by atoms with Gasteiger partial charge in [0.1, 0.15) is 30.3 Å². The highest BCUT2D eigenvalue weighted by Gasteiger charge is 2.53. The Morgan fingerprint density at radius 1 is 1.28 bits per heavy atom. The van der Waals surface area contributed by atoms with Crippen molar-refractivity contribution in [3.05, 3.63) is 41.6 Å². The summed E-state index contributed by atoms with van der Waals surface area (Å²) in [6.07, 6.45) is -0.919. The quantitative estimate of drug-likeness (QED) is 0.436. The number of hydrogen-bond donors (Lipinski definition) is 2. The van der Waals surface area contributed by atoms with Crippen LogP contribution in [0.2, 0.25) is 0 Å². The van der Waals surface area contributed by atoms with Gasteiger partial charge < -0.3 is 15.2 Å². The van der Waals surface area contributed by atoms with Crippen LogP contribution < -0.4 is 10.2 Å². The molecule has 2 N–H and O–H groups in total. The fourth-order valence-corrected chi connectivity index (χ4v) is 4.69. The van der Waals surface area contributed by atoms with Crippen molar-refractivity contribution in [3.8, 4) is 0 Å². The summed E-state index contributed by atoms with van der Waals surface area (Å²) < 4.78 is 3.16. The fraction of sp³-hybridized carbons (Fsp3) is 0.368. The molecule has 3 amide bonds. The molecule has 0 bridgehead atoms. The maximum Gasteiger partial charge on any atom is 0.414 e. The number of benzene rings is 1. The molecule has 0 spiro atoms. The van der Waals surface area contributed by atoms with Gasteiger partial charge in [-0.15, -0.1) is 11.8 Å². The first-order valence-corrected chi connectivity index (χ1v) is 11.4. The van der Waals surface area contributed by atoms with Gasteiger partial charge >= 0.3 is 12.1 Å². The minimum absolute atomic E-state index is 0.0644. The predicted molar refractivity (Wildman–Crippen MR) is 121 cm³/mol. The van der Waals surface area contributed by atoms with E-state index in [1.807, 2.05) is 0 Å². The highest BCUT2D eigenvalue weighted by Crippen LogP contribution is 2.40. The summed E-state index contributed by atoms with van der Waals surface area (Å²) in [7, 11) is 0. The van der Waals surface area contributed by atoms with Crippen LogP contribution in [0.3, 0.4) is 0 Å². The van der Waals surface area contributed by atoms with Gasteiger partial charge in [-0.2, -0.15) is 0 Å². The summed E-state index contributed by atoms with van der Waals surface area (Å²) in [6, 6.07) is 7.32. The second-order valence-electron chi connectivity index (χ2n) is 6.98. The van der Waals surface area contributed by atoms with Crippen LogP contribution in [0.1, 0.15) is 6.92 Å². The number of nitrogens with zero attached hydrogens (tertiary/aromatic N) is 2. The van der Waals surface area contributed by atoms with Crippen LogP contribution in [0.5, 0.6) is 0 Å². The number of anilines is 1. The molecule has 172 valence electrons. The topological polar surface area (TPSA) is 116 Å². The zero-order chi connectivity index (χ0) is 23.6. The maximum atomic E-state index is 12.7. The van der Waals surface area contributed by atoms with E-state index in [0.29, 0.717) is 17.0 Å². The van der Waals surface area contributed by atoms with Crippen LogP contribution in [0, 0.1) is 0 Å². The van der Waals surface area contributed by atoms with E-state index in [4.69, 9.17) is 39.5 Å². The number of β-lactam (4-membered cyclic amide) rings is 1. The van der Waals surface area contributed by atoms with Crippen LogP contribution in [0.25, 0.3) is 0 Å². The first kappa shape index (κ1) is 24.5. The Morgan fingerprint density at radius 3 is 2.53 bits per heavy atom. The van der Waals surface area contributed by atoms with E-state index in [-0.39, 0.29) is 5.70 Å². The van der Waals surface area contributed by atoms with Crippen molar-refractivity contribution in [2.24, 2.45) is 0 Å². The number of fused-ring (bicyclic) bond motifs is 1. The van der Waals surface area contributed by atoms with Gasteiger partial charge in [0, 0.05) is 11.4 Å². The molecular weight excluding hydrogens is 505 g/mol. The van der Waals surface area contributed by atoms with Gasteiger partial charge in [0.15, 0.2) is 0 Å². The molecule has 2 atom stereocenters.